The van der Waals surface area contributed by atoms with Crippen molar-refractivity contribution in [3.63, 3.8) is 0 Å². The first-order valence-corrected chi connectivity index (χ1v) is 7.96. The van der Waals surface area contributed by atoms with Gasteiger partial charge in [0, 0.05) is 32.2 Å². The second-order valence-corrected chi connectivity index (χ2v) is 6.60. The summed E-state index contributed by atoms with van der Waals surface area (Å²) in [5.41, 5.74) is -0.790. The van der Waals surface area contributed by atoms with Gasteiger partial charge in [-0.3, -0.25) is 4.79 Å². The van der Waals surface area contributed by atoms with Gasteiger partial charge in [0.1, 0.15) is 0 Å². The molecular formula is C15H27N3O3. The molecule has 21 heavy (non-hydrogen) atoms. The van der Waals surface area contributed by atoms with E-state index in [0.717, 1.165) is 32.5 Å². The summed E-state index contributed by atoms with van der Waals surface area (Å²) in [4.78, 5) is 27.5. The van der Waals surface area contributed by atoms with Crippen LogP contribution in [0.5, 0.6) is 0 Å². The quantitative estimate of drug-likeness (QED) is 0.822. The van der Waals surface area contributed by atoms with Gasteiger partial charge in [-0.2, -0.15) is 0 Å². The van der Waals surface area contributed by atoms with E-state index in [4.69, 9.17) is 0 Å². The summed E-state index contributed by atoms with van der Waals surface area (Å²) < 4.78 is 0. The third-order valence-corrected chi connectivity index (χ3v) is 4.73. The van der Waals surface area contributed by atoms with Crippen molar-refractivity contribution in [2.24, 2.45) is 5.41 Å². The molecule has 0 spiro atoms. The van der Waals surface area contributed by atoms with E-state index in [1.54, 1.807) is 11.8 Å². The highest BCUT2D eigenvalue weighted by atomic mass is 16.4. The van der Waals surface area contributed by atoms with Gasteiger partial charge in [0.25, 0.3) is 0 Å². The van der Waals surface area contributed by atoms with Crippen LogP contribution in [0.4, 0.5) is 4.79 Å². The van der Waals surface area contributed by atoms with E-state index < -0.39 is 11.4 Å². The van der Waals surface area contributed by atoms with Crippen molar-refractivity contribution >= 4 is 12.0 Å². The number of hydrogen-bond donors (Lipinski definition) is 2. The zero-order valence-electron chi connectivity index (χ0n) is 13.1. The van der Waals surface area contributed by atoms with Crippen LogP contribution >= 0.6 is 0 Å². The molecule has 2 fully saturated rings. The molecule has 0 aromatic rings. The summed E-state index contributed by atoms with van der Waals surface area (Å²) in [6, 6.07) is 0.121. The fraction of sp³-hybridized carbons (Fsp3) is 0.867. The van der Waals surface area contributed by atoms with Gasteiger partial charge in [-0.25, -0.2) is 4.79 Å². The summed E-state index contributed by atoms with van der Waals surface area (Å²) >= 11 is 0. The predicted octanol–water partition coefficient (Wildman–Crippen LogP) is 1.37. The number of nitrogens with zero attached hydrogens (tertiary/aromatic N) is 2. The van der Waals surface area contributed by atoms with Crippen LogP contribution in [-0.2, 0) is 4.79 Å². The number of piperidine rings is 1. The van der Waals surface area contributed by atoms with Crippen LogP contribution in [0, 0.1) is 5.41 Å². The van der Waals surface area contributed by atoms with Crippen molar-refractivity contribution in [3.05, 3.63) is 0 Å². The molecule has 2 saturated heterocycles. The predicted molar refractivity (Wildman–Crippen MR) is 80.2 cm³/mol. The van der Waals surface area contributed by atoms with E-state index in [-0.39, 0.29) is 12.1 Å². The highest BCUT2D eigenvalue weighted by Gasteiger charge is 2.42. The van der Waals surface area contributed by atoms with Crippen molar-refractivity contribution in [1.29, 1.82) is 0 Å². The first kappa shape index (κ1) is 16.1. The maximum atomic E-state index is 12.2. The topological polar surface area (TPSA) is 72.9 Å². The first-order valence-electron chi connectivity index (χ1n) is 7.96. The van der Waals surface area contributed by atoms with E-state index in [0.29, 0.717) is 19.5 Å². The number of carboxylic acids is 1. The highest BCUT2D eigenvalue weighted by molar-refractivity contribution is 5.79. The molecule has 6 nitrogen and oxygen atoms in total. The molecule has 2 N–H and O–H groups in total. The number of carbonyl (C=O) groups is 2. The van der Waals surface area contributed by atoms with Gasteiger partial charge in [0.2, 0.25) is 0 Å². The van der Waals surface area contributed by atoms with E-state index in [1.807, 2.05) is 0 Å². The third kappa shape index (κ3) is 3.87. The standard InChI is InChI=1S/C15H27N3O3/c1-3-7-17-8-4-12(5-9-17)16-14(21)18-10-6-15(2,11-18)13(19)20/h12H,3-11H2,1-2H3,(H,16,21)(H,19,20). The zero-order chi connectivity index (χ0) is 15.5. The molecule has 2 amide bonds. The smallest absolute Gasteiger partial charge is 0.317 e. The summed E-state index contributed by atoms with van der Waals surface area (Å²) in [5.74, 6) is -0.814. The lowest BCUT2D eigenvalue weighted by molar-refractivity contribution is -0.146. The summed E-state index contributed by atoms with van der Waals surface area (Å²) in [7, 11) is 0. The van der Waals surface area contributed by atoms with Gasteiger partial charge in [0.15, 0.2) is 0 Å². The fourth-order valence-corrected chi connectivity index (χ4v) is 3.19. The Kier molecular flexibility index (Phi) is 5.08. The maximum absolute atomic E-state index is 12.2. The molecule has 2 aliphatic rings. The number of aliphatic carboxylic acids is 1. The fourth-order valence-electron chi connectivity index (χ4n) is 3.19. The average Bonchev–Trinajstić information content (AvgIpc) is 2.85. The maximum Gasteiger partial charge on any atom is 0.317 e. The molecule has 0 bridgehead atoms. The van der Waals surface area contributed by atoms with Crippen molar-refractivity contribution in [2.75, 3.05) is 32.7 Å². The lowest BCUT2D eigenvalue weighted by atomic mass is 9.90. The molecule has 2 rings (SSSR count). The summed E-state index contributed by atoms with van der Waals surface area (Å²) in [6.07, 6.45) is 3.66. The van der Waals surface area contributed by atoms with Crippen LogP contribution in [0.3, 0.4) is 0 Å². The van der Waals surface area contributed by atoms with Crippen LogP contribution in [0.1, 0.15) is 39.5 Å². The number of likely N-dealkylation sites (tertiary alicyclic amines) is 2. The average molecular weight is 297 g/mol. The minimum absolute atomic E-state index is 0.103. The molecule has 0 aromatic carbocycles. The van der Waals surface area contributed by atoms with Gasteiger partial charge in [0.05, 0.1) is 5.41 Å². The van der Waals surface area contributed by atoms with Crippen LogP contribution in [0.15, 0.2) is 0 Å². The Hall–Kier alpha value is -1.30. The molecule has 6 heteroatoms. The Bertz CT molecular complexity index is 394. The van der Waals surface area contributed by atoms with Crippen molar-refractivity contribution in [1.82, 2.24) is 15.1 Å². The number of hydrogen-bond acceptors (Lipinski definition) is 3. The molecule has 120 valence electrons. The Morgan fingerprint density at radius 2 is 1.95 bits per heavy atom. The number of nitrogens with one attached hydrogen (secondary N) is 1. The first-order chi connectivity index (χ1) is 9.94. The normalized spacial score (nSPS) is 27.8. The molecule has 2 heterocycles. The van der Waals surface area contributed by atoms with Crippen LogP contribution in [0.2, 0.25) is 0 Å². The van der Waals surface area contributed by atoms with E-state index in [1.165, 1.54) is 6.42 Å². The molecule has 0 aliphatic carbocycles. The van der Waals surface area contributed by atoms with E-state index in [9.17, 15) is 14.7 Å². The highest BCUT2D eigenvalue weighted by Crippen LogP contribution is 2.30. The second-order valence-electron chi connectivity index (χ2n) is 6.60. The van der Waals surface area contributed by atoms with Gasteiger partial charge in [-0.05, 0) is 39.2 Å². The van der Waals surface area contributed by atoms with Crippen LogP contribution < -0.4 is 5.32 Å². The van der Waals surface area contributed by atoms with Gasteiger partial charge >= 0.3 is 12.0 Å². The van der Waals surface area contributed by atoms with Crippen LogP contribution in [0.25, 0.3) is 0 Å². The van der Waals surface area contributed by atoms with E-state index in [2.05, 4.69) is 17.1 Å². The second kappa shape index (κ2) is 6.64. The molecular weight excluding hydrogens is 270 g/mol. The summed E-state index contributed by atoms with van der Waals surface area (Å²) in [5, 5.41) is 12.3. The van der Waals surface area contributed by atoms with E-state index >= 15 is 0 Å². The Balaban J connectivity index is 1.77. The SMILES string of the molecule is CCCN1CCC(NC(=O)N2CCC(C)(C(=O)O)C2)CC1. The summed E-state index contributed by atoms with van der Waals surface area (Å²) in [6.45, 7) is 7.93. The molecule has 0 radical (unpaired) electrons. The van der Waals surface area contributed by atoms with Gasteiger partial charge in [-0.15, -0.1) is 0 Å². The Morgan fingerprint density at radius 3 is 2.48 bits per heavy atom. The number of urea groups is 1. The largest absolute Gasteiger partial charge is 0.481 e. The van der Waals surface area contributed by atoms with Crippen LogP contribution in [-0.4, -0.2) is 65.7 Å². The Morgan fingerprint density at radius 1 is 1.29 bits per heavy atom. The molecule has 1 unspecified atom stereocenters. The van der Waals surface area contributed by atoms with Crippen molar-refractivity contribution in [2.45, 2.75) is 45.6 Å². The van der Waals surface area contributed by atoms with Crippen molar-refractivity contribution < 1.29 is 14.7 Å². The minimum atomic E-state index is -0.814. The third-order valence-electron chi connectivity index (χ3n) is 4.73. The molecule has 2 aliphatic heterocycles. The lowest BCUT2D eigenvalue weighted by Crippen LogP contribution is -2.49. The molecule has 0 aromatic heterocycles. The van der Waals surface area contributed by atoms with Crippen molar-refractivity contribution in [3.8, 4) is 0 Å². The molecule has 1 atom stereocenters. The monoisotopic (exact) mass is 297 g/mol. The number of carboxylic acid groups (broad SMARTS) is 1. The van der Waals surface area contributed by atoms with Gasteiger partial charge in [-0.1, -0.05) is 6.92 Å². The number of amides is 2. The lowest BCUT2D eigenvalue weighted by Gasteiger charge is -2.33. The molecule has 0 saturated carbocycles. The number of rotatable bonds is 4. The zero-order valence-corrected chi connectivity index (χ0v) is 13.1. The Labute approximate surface area is 126 Å². The minimum Gasteiger partial charge on any atom is -0.481 e. The van der Waals surface area contributed by atoms with Gasteiger partial charge < -0.3 is 20.2 Å². The number of carbonyl (C=O) groups excluding carboxylic acids is 1.